The maximum absolute atomic E-state index is 12.9. The Hall–Kier alpha value is -2.53. The van der Waals surface area contributed by atoms with Crippen molar-refractivity contribution in [3.63, 3.8) is 0 Å². The smallest absolute Gasteiger partial charge is 0.390 e. The number of pyridine rings is 1. The van der Waals surface area contributed by atoms with Gasteiger partial charge in [-0.2, -0.15) is 5.10 Å². The molecule has 0 aliphatic heterocycles. The number of hydrogen-bond donors (Lipinski definition) is 3. The van der Waals surface area contributed by atoms with Crippen molar-refractivity contribution in [1.29, 1.82) is 0 Å². The Morgan fingerprint density at radius 3 is 2.09 bits per heavy atom. The lowest BCUT2D eigenvalue weighted by atomic mass is 10.0. The predicted molar refractivity (Wildman–Crippen MR) is 216 cm³/mol. The van der Waals surface area contributed by atoms with Gasteiger partial charge in [0.25, 0.3) is 0 Å². The van der Waals surface area contributed by atoms with Crippen molar-refractivity contribution < 1.29 is 46.2 Å². The molecule has 0 aromatic carbocycles. The molecular weight excluding hydrogens is 761 g/mol. The lowest BCUT2D eigenvalue weighted by Gasteiger charge is -2.23. The maximum atomic E-state index is 12.9. The molecular formula is C39H66N5O10PS. The van der Waals surface area contributed by atoms with Crippen LogP contribution in [0, 0.1) is 0 Å². The molecule has 17 heteroatoms. The lowest BCUT2D eigenvalue weighted by Crippen LogP contribution is -2.34. The zero-order chi connectivity index (χ0) is 40.7. The van der Waals surface area contributed by atoms with Crippen molar-refractivity contribution in [3.8, 4) is 0 Å². The minimum Gasteiger partial charge on any atom is -0.390 e. The first-order chi connectivity index (χ1) is 26.9. The second-order valence-corrected chi connectivity index (χ2v) is 18.0. The molecule has 0 bridgehead atoms. The number of rotatable bonds is 33. The number of nitrogens with zero attached hydrogens (tertiary/aromatic N) is 4. The van der Waals surface area contributed by atoms with Crippen LogP contribution in [0.15, 0.2) is 41.8 Å². The number of ether oxygens (including phenoxy) is 3. The molecule has 0 aliphatic rings. The normalized spacial score (nSPS) is 14.9. The molecule has 3 aromatic rings. The Bertz CT molecular complexity index is 1680. The van der Waals surface area contributed by atoms with Crippen LogP contribution in [-0.4, -0.2) is 96.1 Å². The largest absolute Gasteiger partial charge is 0.472 e. The first kappa shape index (κ1) is 47.8. The number of methoxy groups -OCH3 is 1. The standard InChI is InChI=1S/C39H66N5O10PS/c1-4-5-6-7-8-9-10-11-12-13-14-15-16-17-18-19-22-51-28-34(52-27-32-23-35(26-41-25-32)56(3,48)49)29-53-55(46,47)54-30-38(50-2)37(45)24-33-20-21-36-39(40)42-31-43-44(33)36/h20-21,23,25-26,31,34,37-38,45H,4-19,22,24,27-30H2,1-3H3,(H,46,47)(H2,40,42,43)/t34-,37+,38-/m1/s1. The molecule has 1 unspecified atom stereocenters. The Balaban J connectivity index is 1.39. The van der Waals surface area contributed by atoms with E-state index in [9.17, 15) is 23.0 Å². The number of sulfone groups is 1. The van der Waals surface area contributed by atoms with Crippen LogP contribution in [0.2, 0.25) is 0 Å². The van der Waals surface area contributed by atoms with Crippen LogP contribution >= 0.6 is 7.82 Å². The summed E-state index contributed by atoms with van der Waals surface area (Å²) in [5.74, 6) is 0.290. The fourth-order valence-corrected chi connectivity index (χ4v) is 7.68. The second kappa shape index (κ2) is 26.5. The SMILES string of the molecule is CCCCCCCCCCCCCCCCCCOC[C@H](COP(=O)(O)OC[C@@H](OC)[C@@H](O)Cc1ccc2c(N)ncnn12)OCc1cncc(S(C)(=O)=O)c1. The summed E-state index contributed by atoms with van der Waals surface area (Å²) in [6.45, 7) is 1.97. The fraction of sp³-hybridized carbons (Fsp3) is 0.718. The summed E-state index contributed by atoms with van der Waals surface area (Å²) >= 11 is 0. The molecule has 0 saturated carbocycles. The lowest BCUT2D eigenvalue weighted by molar-refractivity contribution is -0.0589. The van der Waals surface area contributed by atoms with E-state index in [4.69, 9.17) is 29.0 Å². The number of aliphatic hydroxyl groups is 1. The Morgan fingerprint density at radius 2 is 1.48 bits per heavy atom. The molecule has 3 aromatic heterocycles. The van der Waals surface area contributed by atoms with E-state index in [0.29, 0.717) is 23.4 Å². The number of unbranched alkanes of at least 4 members (excludes halogenated alkanes) is 15. The van der Waals surface area contributed by atoms with Gasteiger partial charge in [-0.3, -0.25) is 14.0 Å². The van der Waals surface area contributed by atoms with Gasteiger partial charge < -0.3 is 29.9 Å². The molecule has 4 atom stereocenters. The summed E-state index contributed by atoms with van der Waals surface area (Å²) in [6.07, 6.45) is 22.7. The molecule has 0 aliphatic carbocycles. The van der Waals surface area contributed by atoms with Gasteiger partial charge in [-0.1, -0.05) is 103 Å². The highest BCUT2D eigenvalue weighted by molar-refractivity contribution is 7.90. The maximum Gasteiger partial charge on any atom is 0.472 e. The summed E-state index contributed by atoms with van der Waals surface area (Å²) in [6, 6.07) is 4.94. The number of nitrogen functional groups attached to an aromatic ring is 1. The third kappa shape index (κ3) is 18.8. The van der Waals surface area contributed by atoms with Crippen LogP contribution in [0.4, 0.5) is 5.82 Å². The number of aromatic nitrogens is 4. The monoisotopic (exact) mass is 827 g/mol. The van der Waals surface area contributed by atoms with Crippen molar-refractivity contribution in [2.75, 3.05) is 45.5 Å². The minimum absolute atomic E-state index is 0.0354. The molecule has 0 saturated heterocycles. The highest BCUT2D eigenvalue weighted by atomic mass is 32.2. The van der Waals surface area contributed by atoms with E-state index in [1.165, 1.54) is 115 Å². The summed E-state index contributed by atoms with van der Waals surface area (Å²) in [7, 11) is -6.76. The first-order valence-electron chi connectivity index (χ1n) is 20.2. The molecule has 3 rings (SSSR count). The molecule has 0 fully saturated rings. The van der Waals surface area contributed by atoms with Gasteiger partial charge in [-0.25, -0.2) is 22.5 Å². The molecule has 0 radical (unpaired) electrons. The van der Waals surface area contributed by atoms with Crippen LogP contribution in [0.3, 0.4) is 0 Å². The second-order valence-electron chi connectivity index (χ2n) is 14.5. The van der Waals surface area contributed by atoms with Crippen molar-refractivity contribution in [3.05, 3.63) is 48.2 Å². The summed E-state index contributed by atoms with van der Waals surface area (Å²) in [5.41, 5.74) is 7.61. The summed E-state index contributed by atoms with van der Waals surface area (Å²) < 4.78 is 66.2. The van der Waals surface area contributed by atoms with Gasteiger partial charge in [-0.15, -0.1) is 0 Å². The third-order valence-electron chi connectivity index (χ3n) is 9.67. The van der Waals surface area contributed by atoms with Crippen molar-refractivity contribution in [2.24, 2.45) is 0 Å². The highest BCUT2D eigenvalue weighted by Crippen LogP contribution is 2.43. The first-order valence-corrected chi connectivity index (χ1v) is 23.5. The van der Waals surface area contributed by atoms with Crippen LogP contribution in [0.5, 0.6) is 0 Å². The van der Waals surface area contributed by atoms with Gasteiger partial charge in [0, 0.05) is 44.5 Å². The molecule has 0 amide bonds. The summed E-state index contributed by atoms with van der Waals surface area (Å²) in [5, 5.41) is 15.0. The fourth-order valence-electron chi connectivity index (χ4n) is 6.30. The number of aliphatic hydroxyl groups excluding tert-OH is 1. The number of fused-ring (bicyclic) bond motifs is 1. The quantitative estimate of drug-likeness (QED) is 0.0417. The van der Waals surface area contributed by atoms with E-state index in [1.807, 2.05) is 0 Å². The van der Waals surface area contributed by atoms with Crippen molar-refractivity contribution in [2.45, 2.75) is 146 Å². The van der Waals surface area contributed by atoms with E-state index in [1.54, 1.807) is 16.6 Å². The molecule has 0 spiro atoms. The van der Waals surface area contributed by atoms with E-state index in [0.717, 1.165) is 25.5 Å². The minimum atomic E-state index is -4.63. The number of hydrogen-bond acceptors (Lipinski definition) is 13. The third-order valence-corrected chi connectivity index (χ3v) is 11.7. The average Bonchev–Trinajstić information content (AvgIpc) is 3.58. The van der Waals surface area contributed by atoms with Gasteiger partial charge in [0.05, 0.1) is 37.4 Å². The molecule has 318 valence electrons. The van der Waals surface area contributed by atoms with Crippen LogP contribution in [0.1, 0.15) is 121 Å². The van der Waals surface area contributed by atoms with E-state index < -0.39 is 42.6 Å². The molecule has 56 heavy (non-hydrogen) atoms. The van der Waals surface area contributed by atoms with Crippen molar-refractivity contribution in [1.82, 2.24) is 19.6 Å². The molecule has 3 heterocycles. The Morgan fingerprint density at radius 1 is 0.875 bits per heavy atom. The van der Waals surface area contributed by atoms with Gasteiger partial charge in [0.2, 0.25) is 0 Å². The van der Waals surface area contributed by atoms with Crippen LogP contribution < -0.4 is 5.73 Å². The zero-order valence-corrected chi connectivity index (χ0v) is 35.3. The van der Waals surface area contributed by atoms with Gasteiger partial charge >= 0.3 is 7.82 Å². The van der Waals surface area contributed by atoms with Crippen LogP contribution in [-0.2, 0) is 50.7 Å². The zero-order valence-electron chi connectivity index (χ0n) is 33.6. The van der Waals surface area contributed by atoms with E-state index in [-0.39, 0.29) is 37.0 Å². The van der Waals surface area contributed by atoms with Gasteiger partial charge in [0.15, 0.2) is 15.7 Å². The van der Waals surface area contributed by atoms with Gasteiger partial charge in [0.1, 0.15) is 24.1 Å². The molecule has 4 N–H and O–H groups in total. The number of anilines is 1. The number of nitrogens with two attached hydrogens (primary N) is 1. The predicted octanol–water partition coefficient (Wildman–Crippen LogP) is 7.03. The number of phosphoric acid groups is 1. The van der Waals surface area contributed by atoms with Gasteiger partial charge in [-0.05, 0) is 30.2 Å². The Kier molecular flexibility index (Phi) is 22.6. The Labute approximate surface area is 333 Å². The topological polar surface area (TPSA) is 207 Å². The van der Waals surface area contributed by atoms with E-state index >= 15 is 0 Å². The number of phosphoric ester groups is 1. The van der Waals surface area contributed by atoms with Crippen LogP contribution in [0.25, 0.3) is 5.52 Å². The summed E-state index contributed by atoms with van der Waals surface area (Å²) in [4.78, 5) is 18.5. The van der Waals surface area contributed by atoms with E-state index in [2.05, 4.69) is 22.0 Å². The average molecular weight is 828 g/mol. The molecule has 15 nitrogen and oxygen atoms in total. The highest BCUT2D eigenvalue weighted by Gasteiger charge is 2.29. The van der Waals surface area contributed by atoms with Crippen molar-refractivity contribution >= 4 is 29.0 Å².